The number of aromatic nitrogens is 2. The van der Waals surface area contributed by atoms with E-state index in [-0.39, 0.29) is 5.41 Å². The third-order valence-electron chi connectivity index (χ3n) is 3.40. The zero-order valence-electron chi connectivity index (χ0n) is 12.2. The molecule has 1 heterocycles. The van der Waals surface area contributed by atoms with Crippen molar-refractivity contribution >= 4 is 38.6 Å². The van der Waals surface area contributed by atoms with Crippen molar-refractivity contribution in [1.82, 2.24) is 9.55 Å². The lowest BCUT2D eigenvalue weighted by Crippen LogP contribution is -2.18. The molecule has 3 rings (SSSR count). The maximum absolute atomic E-state index is 6.51. The third kappa shape index (κ3) is 2.49. The molecule has 0 unspecified atom stereocenters. The zero-order valence-corrected chi connectivity index (χ0v) is 14.5. The lowest BCUT2D eigenvalue weighted by molar-refractivity contribution is 0.539. The third-order valence-corrected chi connectivity index (χ3v) is 4.69. The van der Waals surface area contributed by atoms with Crippen LogP contribution >= 0.6 is 27.5 Å². The molecule has 3 aromatic rings. The highest BCUT2D eigenvalue weighted by Gasteiger charge is 2.24. The summed E-state index contributed by atoms with van der Waals surface area (Å²) in [7, 11) is 0. The fourth-order valence-corrected chi connectivity index (χ4v) is 3.00. The second-order valence-corrected chi connectivity index (χ2v) is 7.31. The molecule has 1 aromatic heterocycles. The highest BCUT2D eigenvalue weighted by atomic mass is 79.9. The summed E-state index contributed by atoms with van der Waals surface area (Å²) in [4.78, 5) is 4.82. The van der Waals surface area contributed by atoms with Gasteiger partial charge in [0, 0.05) is 9.89 Å². The van der Waals surface area contributed by atoms with E-state index in [9.17, 15) is 0 Å². The van der Waals surface area contributed by atoms with Gasteiger partial charge in [-0.1, -0.05) is 50.6 Å². The van der Waals surface area contributed by atoms with Crippen LogP contribution in [0.3, 0.4) is 0 Å². The summed E-state index contributed by atoms with van der Waals surface area (Å²) in [5, 5.41) is 0.700. The van der Waals surface area contributed by atoms with Crippen molar-refractivity contribution in [3.63, 3.8) is 0 Å². The van der Waals surface area contributed by atoms with E-state index in [4.69, 9.17) is 16.6 Å². The molecule has 2 nitrogen and oxygen atoms in total. The Hall–Kier alpha value is -1.32. The number of hydrogen-bond donors (Lipinski definition) is 0. The van der Waals surface area contributed by atoms with Crippen LogP contribution in [0.25, 0.3) is 16.7 Å². The second-order valence-electron chi connectivity index (χ2n) is 6.08. The molecular formula is C17H16BrClN2. The fraction of sp³-hybridized carbons (Fsp3) is 0.235. The molecule has 108 valence electrons. The van der Waals surface area contributed by atoms with Gasteiger partial charge in [0.2, 0.25) is 0 Å². The zero-order chi connectivity index (χ0) is 15.2. The summed E-state index contributed by atoms with van der Waals surface area (Å²) in [6.07, 6.45) is 0. The maximum Gasteiger partial charge on any atom is 0.119 e. The number of para-hydroxylation sites is 2. The van der Waals surface area contributed by atoms with E-state index in [0.717, 1.165) is 27.0 Å². The van der Waals surface area contributed by atoms with Gasteiger partial charge in [-0.05, 0) is 40.2 Å². The molecular weight excluding hydrogens is 348 g/mol. The monoisotopic (exact) mass is 362 g/mol. The molecule has 21 heavy (non-hydrogen) atoms. The summed E-state index contributed by atoms with van der Waals surface area (Å²) in [5.74, 6) is 1.00. The van der Waals surface area contributed by atoms with Gasteiger partial charge in [0.15, 0.2) is 0 Å². The lowest BCUT2D eigenvalue weighted by atomic mass is 9.95. The smallest absolute Gasteiger partial charge is 0.119 e. The van der Waals surface area contributed by atoms with Crippen LogP contribution in [-0.4, -0.2) is 9.55 Å². The average molecular weight is 364 g/mol. The molecule has 0 aliphatic heterocycles. The van der Waals surface area contributed by atoms with Gasteiger partial charge in [0.05, 0.1) is 21.7 Å². The van der Waals surface area contributed by atoms with Crippen LogP contribution in [0.5, 0.6) is 0 Å². The molecule has 0 atom stereocenters. The first-order chi connectivity index (χ1) is 9.89. The standard InChI is InChI=1S/C17H16BrClN2/c1-17(2,3)16-20-12-8-4-5-9-13(12)21(16)14-10-6-7-11(18)15(14)19/h4-10H,1-3H3. The van der Waals surface area contributed by atoms with Gasteiger partial charge >= 0.3 is 0 Å². The number of imidazole rings is 1. The van der Waals surface area contributed by atoms with Gasteiger partial charge in [-0.2, -0.15) is 0 Å². The van der Waals surface area contributed by atoms with Crippen LogP contribution in [0, 0.1) is 0 Å². The van der Waals surface area contributed by atoms with E-state index in [0.29, 0.717) is 5.02 Å². The molecule has 0 aliphatic rings. The minimum absolute atomic E-state index is 0.0787. The SMILES string of the molecule is CC(C)(C)c1nc2ccccc2n1-c1cccc(Br)c1Cl. The molecule has 0 aliphatic carbocycles. The highest BCUT2D eigenvalue weighted by Crippen LogP contribution is 2.35. The number of nitrogens with zero attached hydrogens (tertiary/aromatic N) is 2. The first kappa shape index (κ1) is 14.6. The van der Waals surface area contributed by atoms with Crippen LogP contribution in [0.15, 0.2) is 46.9 Å². The van der Waals surface area contributed by atoms with Gasteiger partial charge in [0.1, 0.15) is 5.82 Å². The number of halogens is 2. The van der Waals surface area contributed by atoms with Crippen molar-refractivity contribution in [3.05, 3.63) is 57.8 Å². The van der Waals surface area contributed by atoms with Crippen LogP contribution < -0.4 is 0 Å². The topological polar surface area (TPSA) is 17.8 Å². The van der Waals surface area contributed by atoms with Crippen LogP contribution in [-0.2, 0) is 5.41 Å². The Morgan fingerprint density at radius 2 is 1.76 bits per heavy atom. The Morgan fingerprint density at radius 1 is 1.05 bits per heavy atom. The van der Waals surface area contributed by atoms with Crippen molar-refractivity contribution in [2.45, 2.75) is 26.2 Å². The average Bonchev–Trinajstić information content (AvgIpc) is 2.81. The Bertz CT molecular complexity index is 815. The summed E-state index contributed by atoms with van der Waals surface area (Å²) < 4.78 is 3.04. The van der Waals surface area contributed by atoms with Crippen LogP contribution in [0.4, 0.5) is 0 Å². The largest absolute Gasteiger partial charge is 0.294 e. The van der Waals surface area contributed by atoms with Gasteiger partial charge in [-0.25, -0.2) is 4.98 Å². The van der Waals surface area contributed by atoms with E-state index in [2.05, 4.69) is 47.3 Å². The molecule has 0 amide bonds. The minimum atomic E-state index is -0.0787. The summed E-state index contributed by atoms with van der Waals surface area (Å²) in [5.41, 5.74) is 2.93. The van der Waals surface area contributed by atoms with Crippen molar-refractivity contribution in [2.24, 2.45) is 0 Å². The molecule has 0 N–H and O–H groups in total. The predicted molar refractivity (Wildman–Crippen MR) is 92.5 cm³/mol. The van der Waals surface area contributed by atoms with Gasteiger partial charge in [-0.3, -0.25) is 4.57 Å². The Kier molecular flexibility index (Phi) is 3.58. The quantitative estimate of drug-likeness (QED) is 0.539. The molecule has 0 bridgehead atoms. The molecule has 0 saturated heterocycles. The number of rotatable bonds is 1. The highest BCUT2D eigenvalue weighted by molar-refractivity contribution is 9.10. The Morgan fingerprint density at radius 3 is 2.48 bits per heavy atom. The van der Waals surface area contributed by atoms with E-state index in [1.54, 1.807) is 0 Å². The number of fused-ring (bicyclic) bond motifs is 1. The van der Waals surface area contributed by atoms with Gasteiger partial charge in [0.25, 0.3) is 0 Å². The van der Waals surface area contributed by atoms with Gasteiger partial charge in [-0.15, -0.1) is 0 Å². The predicted octanol–water partition coefficient (Wildman–Crippen LogP) is 5.74. The summed E-state index contributed by atoms with van der Waals surface area (Å²) in [6.45, 7) is 6.49. The second kappa shape index (κ2) is 5.15. The summed E-state index contributed by atoms with van der Waals surface area (Å²) in [6, 6.07) is 14.1. The minimum Gasteiger partial charge on any atom is -0.294 e. The van der Waals surface area contributed by atoms with Crippen LogP contribution in [0.1, 0.15) is 26.6 Å². The first-order valence-electron chi connectivity index (χ1n) is 6.82. The van der Waals surface area contributed by atoms with E-state index in [1.807, 2.05) is 36.4 Å². The Balaban J connectivity index is 2.42. The molecule has 0 spiro atoms. The first-order valence-corrected chi connectivity index (χ1v) is 7.99. The summed E-state index contributed by atoms with van der Waals surface area (Å²) >= 11 is 10.0. The molecule has 0 radical (unpaired) electrons. The number of benzene rings is 2. The van der Waals surface area contributed by atoms with E-state index in [1.165, 1.54) is 0 Å². The molecule has 0 fully saturated rings. The van der Waals surface area contributed by atoms with Crippen LogP contribution in [0.2, 0.25) is 5.02 Å². The Labute approximate surface area is 137 Å². The molecule has 0 saturated carbocycles. The lowest BCUT2D eigenvalue weighted by Gasteiger charge is -2.21. The van der Waals surface area contributed by atoms with E-state index >= 15 is 0 Å². The molecule has 4 heteroatoms. The van der Waals surface area contributed by atoms with Crippen molar-refractivity contribution in [1.29, 1.82) is 0 Å². The van der Waals surface area contributed by atoms with Gasteiger partial charge < -0.3 is 0 Å². The maximum atomic E-state index is 6.51. The van der Waals surface area contributed by atoms with Crippen molar-refractivity contribution < 1.29 is 0 Å². The molecule has 2 aromatic carbocycles. The van der Waals surface area contributed by atoms with Crippen molar-refractivity contribution in [2.75, 3.05) is 0 Å². The van der Waals surface area contributed by atoms with Crippen molar-refractivity contribution in [3.8, 4) is 5.69 Å². The number of hydrogen-bond acceptors (Lipinski definition) is 1. The fourth-order valence-electron chi connectivity index (χ4n) is 2.44. The normalized spacial score (nSPS) is 12.0. The van der Waals surface area contributed by atoms with E-state index < -0.39 is 0 Å².